The van der Waals surface area contributed by atoms with Crippen LogP contribution in [0, 0.1) is 11.6 Å². The average Bonchev–Trinajstić information content (AvgIpc) is 2.72. The maximum atomic E-state index is 14.3. The van der Waals surface area contributed by atoms with E-state index in [9.17, 15) is 18.4 Å². The lowest BCUT2D eigenvalue weighted by molar-refractivity contribution is 0.0680. The summed E-state index contributed by atoms with van der Waals surface area (Å²) in [7, 11) is 1.26. The fourth-order valence-electron chi connectivity index (χ4n) is 2.32. The molecule has 0 saturated carbocycles. The van der Waals surface area contributed by atoms with Crippen molar-refractivity contribution in [2.45, 2.75) is 0 Å². The zero-order valence-electron chi connectivity index (χ0n) is 15.9. The van der Waals surface area contributed by atoms with Crippen molar-refractivity contribution < 1.29 is 33.3 Å². The van der Waals surface area contributed by atoms with Gasteiger partial charge in [0.15, 0.2) is 23.0 Å². The highest BCUT2D eigenvalue weighted by Gasteiger charge is 2.20. The molecule has 3 aromatic rings. The molecule has 0 spiro atoms. The van der Waals surface area contributed by atoms with E-state index in [1.165, 1.54) is 25.3 Å². The molecule has 0 bridgehead atoms. The molecule has 0 unspecified atom stereocenters. The molecule has 3 rings (SSSR count). The molecule has 32 heavy (non-hydrogen) atoms. The zero-order chi connectivity index (χ0) is 24.2. The Morgan fingerprint density at radius 2 is 1.66 bits per heavy atom. The maximum Gasteiger partial charge on any atom is 0.356 e. The van der Waals surface area contributed by atoms with Crippen LogP contribution in [0.1, 0.15) is 21.0 Å². The van der Waals surface area contributed by atoms with Crippen molar-refractivity contribution in [1.82, 2.24) is 9.97 Å². The Labute approximate surface area is 194 Å². The van der Waals surface area contributed by atoms with E-state index in [2.05, 4.69) is 9.97 Å². The van der Waals surface area contributed by atoms with Gasteiger partial charge in [-0.25, -0.2) is 28.3 Å². The second-order valence-corrected chi connectivity index (χ2v) is 6.93. The summed E-state index contributed by atoms with van der Waals surface area (Å²) in [6.45, 7) is 0. The smallest absolute Gasteiger partial charge is 0.356 e. The number of benzene rings is 1. The zero-order valence-corrected chi connectivity index (χ0v) is 18.1. The number of nitrogens with zero attached hydrogens (tertiary/aromatic N) is 2. The van der Waals surface area contributed by atoms with Gasteiger partial charge in [-0.3, -0.25) is 0 Å². The van der Waals surface area contributed by atoms with Crippen molar-refractivity contribution in [2.75, 3.05) is 12.8 Å². The van der Waals surface area contributed by atoms with Gasteiger partial charge in [0.25, 0.3) is 0 Å². The molecule has 0 aliphatic rings. The summed E-state index contributed by atoms with van der Waals surface area (Å²) in [5, 5.41) is 16.8. The molecule has 0 atom stereocenters. The second-order valence-electron chi connectivity index (χ2n) is 5.77. The Bertz CT molecular complexity index is 1210. The third-order valence-electron chi connectivity index (χ3n) is 3.76. The van der Waals surface area contributed by atoms with Crippen LogP contribution in [-0.4, -0.2) is 39.2 Å². The van der Waals surface area contributed by atoms with Crippen LogP contribution in [0.4, 0.5) is 14.5 Å². The number of ether oxygens (including phenoxy) is 1. The average molecular weight is 507 g/mol. The summed E-state index contributed by atoms with van der Waals surface area (Å²) in [6.07, 6.45) is 1.05. The van der Waals surface area contributed by atoms with Crippen molar-refractivity contribution in [1.29, 1.82) is 0 Å². The number of nitrogen functional groups attached to an aromatic ring is 1. The van der Waals surface area contributed by atoms with Crippen LogP contribution < -0.4 is 10.5 Å². The van der Waals surface area contributed by atoms with E-state index in [4.69, 9.17) is 55.5 Å². The van der Waals surface area contributed by atoms with Gasteiger partial charge in [-0.2, -0.15) is 0 Å². The number of rotatable bonds is 4. The van der Waals surface area contributed by atoms with Crippen molar-refractivity contribution in [3.63, 3.8) is 0 Å². The number of carbonyl (C=O) groups is 2. The lowest BCUT2D eigenvalue weighted by Crippen LogP contribution is -2.06. The van der Waals surface area contributed by atoms with Crippen LogP contribution in [0.3, 0.4) is 0 Å². The van der Waals surface area contributed by atoms with E-state index < -0.39 is 40.0 Å². The van der Waals surface area contributed by atoms with Crippen LogP contribution >= 0.6 is 34.8 Å². The molecule has 8 nitrogen and oxygen atoms in total. The number of nitrogens with two attached hydrogens (primary N) is 1. The van der Waals surface area contributed by atoms with Crippen molar-refractivity contribution in [3.8, 4) is 17.0 Å². The number of halogens is 5. The Hall–Kier alpha value is -3.21. The number of pyridine rings is 2. The first kappa shape index (κ1) is 25.1. The summed E-state index contributed by atoms with van der Waals surface area (Å²) >= 11 is 16.8. The topological polar surface area (TPSA) is 136 Å². The van der Waals surface area contributed by atoms with Crippen LogP contribution in [0.5, 0.6) is 5.75 Å². The summed E-state index contributed by atoms with van der Waals surface area (Å²) < 4.78 is 31.7. The number of aromatic nitrogens is 2. The van der Waals surface area contributed by atoms with Gasteiger partial charge in [-0.1, -0.05) is 34.8 Å². The third-order valence-corrected chi connectivity index (χ3v) is 4.82. The molecular weight excluding hydrogens is 495 g/mol. The molecule has 1 aromatic carbocycles. The number of anilines is 1. The number of hydrogen-bond acceptors (Lipinski definition) is 6. The van der Waals surface area contributed by atoms with Gasteiger partial charge >= 0.3 is 11.9 Å². The van der Waals surface area contributed by atoms with Crippen molar-refractivity contribution >= 4 is 52.4 Å². The first-order chi connectivity index (χ1) is 15.0. The first-order valence-corrected chi connectivity index (χ1v) is 9.37. The predicted octanol–water partition coefficient (Wildman–Crippen LogP) is 5.06. The molecule has 0 radical (unpaired) electrons. The molecule has 4 N–H and O–H groups in total. The third kappa shape index (κ3) is 5.34. The molecule has 0 aliphatic carbocycles. The highest BCUT2D eigenvalue weighted by atomic mass is 35.5. The first-order valence-electron chi connectivity index (χ1n) is 8.24. The molecular formula is C19H12Cl3F2N3O5. The molecule has 0 fully saturated rings. The van der Waals surface area contributed by atoms with Gasteiger partial charge in [0.05, 0.1) is 28.5 Å². The SMILES string of the molecule is COc1c(Cl)ccc(-c2cc(N)c(Cl)c(C(=O)O)n2)c1F.O=C(O)c1nccc(F)c1Cl. The minimum absolute atomic E-state index is 0.00196. The quantitative estimate of drug-likeness (QED) is 0.447. The molecule has 2 heterocycles. The van der Waals surface area contributed by atoms with E-state index in [1.54, 1.807) is 0 Å². The lowest BCUT2D eigenvalue weighted by Gasteiger charge is -2.11. The van der Waals surface area contributed by atoms with Gasteiger partial charge < -0.3 is 20.7 Å². The van der Waals surface area contributed by atoms with Gasteiger partial charge in [0.1, 0.15) is 10.8 Å². The lowest BCUT2D eigenvalue weighted by atomic mass is 10.1. The minimum atomic E-state index is -1.37. The molecule has 0 aliphatic heterocycles. The Morgan fingerprint density at radius 3 is 2.19 bits per heavy atom. The number of aromatic carboxylic acids is 2. The monoisotopic (exact) mass is 505 g/mol. The fourth-order valence-corrected chi connectivity index (χ4v) is 2.91. The van der Waals surface area contributed by atoms with Gasteiger partial charge in [-0.15, -0.1) is 0 Å². The number of methoxy groups -OCH3 is 1. The standard InChI is InChI=1S/C13H9Cl2FN2O3.C6H3ClFNO2/c1-21-12-6(14)3-2-5(10(12)16)8-4-7(17)9(15)11(18-8)13(19)20;7-4-3(8)1-2-9-5(4)6(10)11/h2-4H,1H3,(H2,17,18)(H,19,20);1-2H,(H,10,11). The number of carboxylic acid groups (broad SMARTS) is 2. The molecule has 0 amide bonds. The Morgan fingerprint density at radius 1 is 1.03 bits per heavy atom. The normalized spacial score (nSPS) is 10.2. The van der Waals surface area contributed by atoms with Gasteiger partial charge in [0, 0.05) is 11.8 Å². The second kappa shape index (κ2) is 10.4. The summed E-state index contributed by atoms with van der Waals surface area (Å²) in [6, 6.07) is 5.03. The Balaban J connectivity index is 0.000000278. The van der Waals surface area contributed by atoms with E-state index in [0.717, 1.165) is 12.3 Å². The summed E-state index contributed by atoms with van der Waals surface area (Å²) in [4.78, 5) is 28.5. The van der Waals surface area contributed by atoms with Crippen molar-refractivity contribution in [2.24, 2.45) is 0 Å². The van der Waals surface area contributed by atoms with E-state index in [0.29, 0.717) is 0 Å². The molecule has 2 aromatic heterocycles. The molecule has 168 valence electrons. The van der Waals surface area contributed by atoms with Gasteiger partial charge in [-0.05, 0) is 24.3 Å². The Kier molecular flexibility index (Phi) is 8.14. The maximum absolute atomic E-state index is 14.3. The van der Waals surface area contributed by atoms with Crippen LogP contribution in [-0.2, 0) is 0 Å². The summed E-state index contributed by atoms with van der Waals surface area (Å²) in [5.41, 5.74) is 4.70. The highest BCUT2D eigenvalue weighted by molar-refractivity contribution is 6.35. The predicted molar refractivity (Wildman–Crippen MR) is 114 cm³/mol. The van der Waals surface area contributed by atoms with Crippen LogP contribution in [0.2, 0.25) is 15.1 Å². The highest BCUT2D eigenvalue weighted by Crippen LogP contribution is 2.36. The largest absolute Gasteiger partial charge is 0.492 e. The summed E-state index contributed by atoms with van der Waals surface area (Å²) in [5.74, 6) is -4.42. The van der Waals surface area contributed by atoms with E-state index in [-0.39, 0.29) is 32.7 Å². The van der Waals surface area contributed by atoms with E-state index >= 15 is 0 Å². The molecule has 13 heteroatoms. The molecule has 0 saturated heterocycles. The fraction of sp³-hybridized carbons (Fsp3) is 0.0526. The minimum Gasteiger partial charge on any atom is -0.492 e. The van der Waals surface area contributed by atoms with Crippen molar-refractivity contribution in [3.05, 3.63) is 68.6 Å². The van der Waals surface area contributed by atoms with E-state index in [1.807, 2.05) is 0 Å². The van der Waals surface area contributed by atoms with Gasteiger partial charge in [0.2, 0.25) is 0 Å². The van der Waals surface area contributed by atoms with Crippen LogP contribution in [0.15, 0.2) is 30.5 Å². The number of hydrogen-bond donors (Lipinski definition) is 3. The van der Waals surface area contributed by atoms with Crippen LogP contribution in [0.25, 0.3) is 11.3 Å². The number of carboxylic acids is 2.